The number of nitrogens with zero attached hydrogens (tertiary/aromatic N) is 1. The van der Waals surface area contributed by atoms with Gasteiger partial charge < -0.3 is 5.11 Å². The van der Waals surface area contributed by atoms with E-state index in [2.05, 4.69) is 15.9 Å². The number of hydrogen-bond acceptors (Lipinski definition) is 2. The summed E-state index contributed by atoms with van der Waals surface area (Å²) in [4.78, 5) is 0. The number of hydrogen-bond donors (Lipinski definition) is 1. The molecule has 1 aromatic rings. The topological polar surface area (TPSA) is 44.0 Å². The van der Waals surface area contributed by atoms with Crippen LogP contribution in [-0.2, 0) is 6.61 Å². The summed E-state index contributed by atoms with van der Waals surface area (Å²) in [6.45, 7) is 0.00427. The van der Waals surface area contributed by atoms with E-state index >= 15 is 0 Å². The third-order valence-electron chi connectivity index (χ3n) is 1.34. The van der Waals surface area contributed by atoms with Crippen LogP contribution in [0.25, 0.3) is 0 Å². The number of aliphatic hydroxyl groups is 1. The zero-order valence-corrected chi connectivity index (χ0v) is 7.30. The van der Waals surface area contributed by atoms with Crippen molar-refractivity contribution in [2.24, 2.45) is 0 Å². The van der Waals surface area contributed by atoms with Crippen molar-refractivity contribution >= 4 is 15.9 Å². The molecule has 0 saturated carbocycles. The van der Waals surface area contributed by atoms with Gasteiger partial charge in [0.25, 0.3) is 0 Å². The molecule has 0 unspecified atom stereocenters. The van der Waals surface area contributed by atoms with Crippen molar-refractivity contribution in [2.75, 3.05) is 0 Å². The van der Waals surface area contributed by atoms with E-state index in [1.165, 1.54) is 0 Å². The van der Waals surface area contributed by atoms with E-state index in [1.807, 2.05) is 6.07 Å². The van der Waals surface area contributed by atoms with Crippen LogP contribution >= 0.6 is 15.9 Å². The van der Waals surface area contributed by atoms with Crippen molar-refractivity contribution in [3.63, 3.8) is 0 Å². The van der Waals surface area contributed by atoms with Crippen molar-refractivity contribution in [1.82, 2.24) is 0 Å². The van der Waals surface area contributed by atoms with Gasteiger partial charge in [-0.2, -0.15) is 5.26 Å². The van der Waals surface area contributed by atoms with Crippen LogP contribution in [0.3, 0.4) is 0 Å². The largest absolute Gasteiger partial charge is 0.392 e. The SMILES string of the molecule is N#Cc1ccc(CO)cc1Br. The molecule has 0 amide bonds. The summed E-state index contributed by atoms with van der Waals surface area (Å²) in [5.41, 5.74) is 1.39. The van der Waals surface area contributed by atoms with Crippen LogP contribution in [0.4, 0.5) is 0 Å². The molecular weight excluding hydrogens is 206 g/mol. The van der Waals surface area contributed by atoms with Crippen molar-refractivity contribution in [3.8, 4) is 6.07 Å². The Kier molecular flexibility index (Phi) is 2.64. The Bertz CT molecular complexity index is 303. The van der Waals surface area contributed by atoms with Crippen LogP contribution in [0, 0.1) is 11.3 Å². The maximum Gasteiger partial charge on any atom is 0.100 e. The highest BCUT2D eigenvalue weighted by atomic mass is 79.9. The molecule has 0 aliphatic rings. The Labute approximate surface area is 73.2 Å². The van der Waals surface area contributed by atoms with E-state index in [-0.39, 0.29) is 6.61 Å². The first-order chi connectivity index (χ1) is 5.27. The van der Waals surface area contributed by atoms with Gasteiger partial charge in [0.2, 0.25) is 0 Å². The lowest BCUT2D eigenvalue weighted by molar-refractivity contribution is 0.282. The molecule has 1 rings (SSSR count). The predicted octanol–water partition coefficient (Wildman–Crippen LogP) is 1.81. The molecule has 0 aliphatic heterocycles. The highest BCUT2D eigenvalue weighted by Gasteiger charge is 1.98. The first kappa shape index (κ1) is 8.25. The minimum absolute atomic E-state index is 0.00427. The average Bonchev–Trinajstić information content (AvgIpc) is 2.04. The second kappa shape index (κ2) is 3.51. The lowest BCUT2D eigenvalue weighted by atomic mass is 10.2. The summed E-state index contributed by atoms with van der Waals surface area (Å²) in [7, 11) is 0. The van der Waals surface area contributed by atoms with E-state index in [0.29, 0.717) is 5.56 Å². The smallest absolute Gasteiger partial charge is 0.100 e. The van der Waals surface area contributed by atoms with Gasteiger partial charge in [-0.05, 0) is 33.6 Å². The van der Waals surface area contributed by atoms with E-state index < -0.39 is 0 Å². The molecule has 0 spiro atoms. The Morgan fingerprint density at radius 2 is 2.27 bits per heavy atom. The molecule has 0 bridgehead atoms. The number of halogens is 1. The maximum absolute atomic E-state index is 8.72. The van der Waals surface area contributed by atoms with Crippen LogP contribution in [0.15, 0.2) is 22.7 Å². The van der Waals surface area contributed by atoms with Gasteiger partial charge >= 0.3 is 0 Å². The third kappa shape index (κ3) is 1.79. The lowest BCUT2D eigenvalue weighted by Gasteiger charge is -1.97. The fraction of sp³-hybridized carbons (Fsp3) is 0.125. The Morgan fingerprint density at radius 1 is 1.55 bits per heavy atom. The van der Waals surface area contributed by atoms with Crippen LogP contribution in [0.5, 0.6) is 0 Å². The van der Waals surface area contributed by atoms with Gasteiger partial charge in [-0.3, -0.25) is 0 Å². The molecule has 3 heteroatoms. The number of rotatable bonds is 1. The van der Waals surface area contributed by atoms with Crippen LogP contribution < -0.4 is 0 Å². The van der Waals surface area contributed by atoms with Gasteiger partial charge in [0.05, 0.1) is 12.2 Å². The lowest BCUT2D eigenvalue weighted by Crippen LogP contribution is -1.84. The average molecular weight is 212 g/mol. The standard InChI is InChI=1S/C8H6BrNO/c9-8-3-6(5-11)1-2-7(8)4-10/h1-3,11H,5H2. The number of benzene rings is 1. The molecule has 0 heterocycles. The minimum atomic E-state index is 0.00427. The van der Waals surface area contributed by atoms with Crippen molar-refractivity contribution < 1.29 is 5.11 Å². The highest BCUT2D eigenvalue weighted by Crippen LogP contribution is 2.17. The molecule has 2 nitrogen and oxygen atoms in total. The van der Waals surface area contributed by atoms with Crippen LogP contribution in [0.1, 0.15) is 11.1 Å². The van der Waals surface area contributed by atoms with Crippen molar-refractivity contribution in [3.05, 3.63) is 33.8 Å². The molecule has 0 fully saturated rings. The van der Waals surface area contributed by atoms with Crippen LogP contribution in [0.2, 0.25) is 0 Å². The summed E-state index contributed by atoms with van der Waals surface area (Å²) in [5.74, 6) is 0. The molecule has 56 valence electrons. The van der Waals surface area contributed by atoms with Crippen molar-refractivity contribution in [2.45, 2.75) is 6.61 Å². The first-order valence-corrected chi connectivity index (χ1v) is 3.86. The number of aliphatic hydroxyl groups excluding tert-OH is 1. The minimum Gasteiger partial charge on any atom is -0.392 e. The quantitative estimate of drug-likeness (QED) is 0.771. The fourth-order valence-corrected chi connectivity index (χ4v) is 1.26. The van der Waals surface area contributed by atoms with E-state index in [9.17, 15) is 0 Å². The molecular formula is C8H6BrNO. The van der Waals surface area contributed by atoms with Gasteiger partial charge in [0, 0.05) is 4.47 Å². The van der Waals surface area contributed by atoms with Gasteiger partial charge in [0.15, 0.2) is 0 Å². The molecule has 0 aliphatic carbocycles. The fourth-order valence-electron chi connectivity index (χ4n) is 0.748. The second-order valence-corrected chi connectivity index (χ2v) is 2.94. The Hall–Kier alpha value is -0.850. The normalized spacial score (nSPS) is 9.18. The Morgan fingerprint density at radius 3 is 2.73 bits per heavy atom. The molecule has 1 N–H and O–H groups in total. The summed E-state index contributed by atoms with van der Waals surface area (Å²) < 4.78 is 0.728. The van der Waals surface area contributed by atoms with Crippen LogP contribution in [-0.4, -0.2) is 5.11 Å². The third-order valence-corrected chi connectivity index (χ3v) is 1.99. The summed E-state index contributed by atoms with van der Waals surface area (Å²) in [6, 6.07) is 7.15. The molecule has 0 atom stereocenters. The second-order valence-electron chi connectivity index (χ2n) is 2.08. The van der Waals surface area contributed by atoms with E-state index in [4.69, 9.17) is 10.4 Å². The summed E-state index contributed by atoms with van der Waals surface area (Å²) in [6.07, 6.45) is 0. The highest BCUT2D eigenvalue weighted by molar-refractivity contribution is 9.10. The van der Waals surface area contributed by atoms with Gasteiger partial charge in [-0.25, -0.2) is 0 Å². The number of nitriles is 1. The zero-order valence-electron chi connectivity index (χ0n) is 5.71. The van der Waals surface area contributed by atoms with E-state index in [0.717, 1.165) is 10.0 Å². The molecule has 0 aromatic heterocycles. The molecule has 1 aromatic carbocycles. The monoisotopic (exact) mass is 211 g/mol. The molecule has 0 saturated heterocycles. The molecule has 11 heavy (non-hydrogen) atoms. The zero-order chi connectivity index (χ0) is 8.27. The first-order valence-electron chi connectivity index (χ1n) is 3.07. The molecule has 0 radical (unpaired) electrons. The predicted molar refractivity (Wildman–Crippen MR) is 44.8 cm³/mol. The van der Waals surface area contributed by atoms with Gasteiger partial charge in [-0.1, -0.05) is 6.07 Å². The van der Waals surface area contributed by atoms with E-state index in [1.54, 1.807) is 18.2 Å². The van der Waals surface area contributed by atoms with Gasteiger partial charge in [0.1, 0.15) is 6.07 Å². The summed E-state index contributed by atoms with van der Waals surface area (Å²) >= 11 is 3.21. The van der Waals surface area contributed by atoms with Gasteiger partial charge in [-0.15, -0.1) is 0 Å². The Balaban J connectivity index is 3.12. The maximum atomic E-state index is 8.72. The van der Waals surface area contributed by atoms with Crippen molar-refractivity contribution in [1.29, 1.82) is 5.26 Å². The summed E-state index contributed by atoms with van der Waals surface area (Å²) in [5, 5.41) is 17.3.